The predicted octanol–water partition coefficient (Wildman–Crippen LogP) is 3.43. The van der Waals surface area contributed by atoms with Crippen molar-refractivity contribution in [3.8, 4) is 11.5 Å². The Kier molecular flexibility index (Phi) is 5.63. The zero-order chi connectivity index (χ0) is 16.8. The fourth-order valence-electron chi connectivity index (χ4n) is 2.49. The first-order valence-electron chi connectivity index (χ1n) is 7.60. The van der Waals surface area contributed by atoms with Crippen LogP contribution < -0.4 is 14.8 Å². The van der Waals surface area contributed by atoms with E-state index in [4.69, 9.17) is 9.47 Å². The largest absolute Gasteiger partial charge is 0.497 e. The van der Waals surface area contributed by atoms with Crippen LogP contribution in [-0.4, -0.2) is 20.1 Å². The zero-order valence-electron chi connectivity index (χ0n) is 14.1. The number of ether oxygens (including phenoxy) is 2. The summed E-state index contributed by atoms with van der Waals surface area (Å²) in [6.45, 7) is 3.98. The van der Waals surface area contributed by atoms with Crippen molar-refractivity contribution in [2.45, 2.75) is 26.3 Å². The molecule has 4 heteroatoms. The van der Waals surface area contributed by atoms with E-state index in [9.17, 15) is 4.79 Å². The third-order valence-corrected chi connectivity index (χ3v) is 3.75. The van der Waals surface area contributed by atoms with Gasteiger partial charge < -0.3 is 14.8 Å². The maximum atomic E-state index is 12.3. The lowest BCUT2D eigenvalue weighted by Crippen LogP contribution is -2.28. The molecule has 122 valence electrons. The van der Waals surface area contributed by atoms with Crippen LogP contribution in [0.3, 0.4) is 0 Å². The van der Waals surface area contributed by atoms with Crippen LogP contribution in [0, 0.1) is 6.92 Å². The molecule has 2 aromatic rings. The maximum absolute atomic E-state index is 12.3. The molecule has 23 heavy (non-hydrogen) atoms. The van der Waals surface area contributed by atoms with E-state index in [1.165, 1.54) is 0 Å². The van der Waals surface area contributed by atoms with E-state index >= 15 is 0 Å². The van der Waals surface area contributed by atoms with Gasteiger partial charge in [0.15, 0.2) is 0 Å². The van der Waals surface area contributed by atoms with E-state index in [1.807, 2.05) is 56.3 Å². The lowest BCUT2D eigenvalue weighted by atomic mass is 10.0. The Hall–Kier alpha value is -2.49. The van der Waals surface area contributed by atoms with E-state index in [0.29, 0.717) is 6.42 Å². The van der Waals surface area contributed by atoms with Gasteiger partial charge in [0.2, 0.25) is 5.91 Å². The van der Waals surface area contributed by atoms with Crippen LogP contribution >= 0.6 is 0 Å². The summed E-state index contributed by atoms with van der Waals surface area (Å²) in [7, 11) is 3.26. The molecule has 1 N–H and O–H groups in total. The highest BCUT2D eigenvalue weighted by molar-refractivity contribution is 5.79. The second-order valence-electron chi connectivity index (χ2n) is 5.56. The van der Waals surface area contributed by atoms with Gasteiger partial charge in [0.05, 0.1) is 26.7 Å². The van der Waals surface area contributed by atoms with E-state index in [2.05, 4.69) is 5.32 Å². The number of hydrogen-bond acceptors (Lipinski definition) is 3. The second-order valence-corrected chi connectivity index (χ2v) is 5.56. The average Bonchev–Trinajstić information content (AvgIpc) is 2.55. The van der Waals surface area contributed by atoms with Gasteiger partial charge in [-0.3, -0.25) is 4.79 Å². The molecule has 1 amide bonds. The molecule has 0 spiro atoms. The summed E-state index contributed by atoms with van der Waals surface area (Å²) in [6, 6.07) is 13.4. The molecule has 0 saturated carbocycles. The van der Waals surface area contributed by atoms with Gasteiger partial charge in [0, 0.05) is 5.56 Å². The van der Waals surface area contributed by atoms with Crippen LogP contribution in [0.15, 0.2) is 42.5 Å². The number of benzene rings is 2. The Labute approximate surface area is 137 Å². The highest BCUT2D eigenvalue weighted by Gasteiger charge is 2.14. The van der Waals surface area contributed by atoms with E-state index in [-0.39, 0.29) is 11.9 Å². The monoisotopic (exact) mass is 313 g/mol. The fraction of sp³-hybridized carbons (Fsp3) is 0.316. The molecule has 2 aromatic carbocycles. The highest BCUT2D eigenvalue weighted by atomic mass is 16.5. The standard InChI is InChI=1S/C19H23NO3/c1-13-5-10-18(23-4)17(11-13)14(2)20-19(21)12-15-6-8-16(22-3)9-7-15/h5-11,14H,12H2,1-4H3,(H,20,21). The summed E-state index contributed by atoms with van der Waals surface area (Å²) >= 11 is 0. The number of nitrogens with one attached hydrogen (secondary N) is 1. The molecule has 4 nitrogen and oxygen atoms in total. The molecule has 1 atom stereocenters. The molecule has 0 aliphatic heterocycles. The van der Waals surface area contributed by atoms with Crippen molar-refractivity contribution in [3.05, 3.63) is 59.2 Å². The lowest BCUT2D eigenvalue weighted by molar-refractivity contribution is -0.121. The van der Waals surface area contributed by atoms with Crippen molar-refractivity contribution < 1.29 is 14.3 Å². The Morgan fingerprint density at radius 1 is 1.09 bits per heavy atom. The van der Waals surface area contributed by atoms with Gasteiger partial charge in [-0.2, -0.15) is 0 Å². The summed E-state index contributed by atoms with van der Waals surface area (Å²) in [6.07, 6.45) is 0.336. The van der Waals surface area contributed by atoms with Gasteiger partial charge in [0.1, 0.15) is 11.5 Å². The van der Waals surface area contributed by atoms with Gasteiger partial charge in [0.25, 0.3) is 0 Å². The molecular weight excluding hydrogens is 290 g/mol. The van der Waals surface area contributed by atoms with Crippen LogP contribution in [0.5, 0.6) is 11.5 Å². The number of hydrogen-bond donors (Lipinski definition) is 1. The molecule has 0 heterocycles. The Morgan fingerprint density at radius 3 is 2.39 bits per heavy atom. The fourth-order valence-corrected chi connectivity index (χ4v) is 2.49. The third kappa shape index (κ3) is 4.49. The van der Waals surface area contributed by atoms with Crippen molar-refractivity contribution in [2.24, 2.45) is 0 Å². The Bertz CT molecular complexity index is 665. The van der Waals surface area contributed by atoms with Crippen LogP contribution in [0.25, 0.3) is 0 Å². The van der Waals surface area contributed by atoms with Crippen LogP contribution in [-0.2, 0) is 11.2 Å². The minimum atomic E-state index is -0.115. The molecule has 0 radical (unpaired) electrons. The predicted molar refractivity (Wildman–Crippen MR) is 91.0 cm³/mol. The SMILES string of the molecule is COc1ccc(CC(=O)NC(C)c2cc(C)ccc2OC)cc1. The smallest absolute Gasteiger partial charge is 0.224 e. The first kappa shape index (κ1) is 16.9. The molecule has 2 rings (SSSR count). The Morgan fingerprint density at radius 2 is 1.78 bits per heavy atom. The van der Waals surface area contributed by atoms with Crippen LogP contribution in [0.2, 0.25) is 0 Å². The number of carbonyl (C=O) groups excluding carboxylic acids is 1. The molecule has 0 aromatic heterocycles. The van der Waals surface area contributed by atoms with Gasteiger partial charge in [-0.15, -0.1) is 0 Å². The molecular formula is C19H23NO3. The summed E-state index contributed by atoms with van der Waals surface area (Å²) in [4.78, 5) is 12.3. The van der Waals surface area contributed by atoms with Crippen LogP contribution in [0.1, 0.15) is 29.7 Å². The number of methoxy groups -OCH3 is 2. The number of rotatable bonds is 6. The summed E-state index contributed by atoms with van der Waals surface area (Å²) in [5, 5.41) is 3.03. The quantitative estimate of drug-likeness (QED) is 0.889. The minimum Gasteiger partial charge on any atom is -0.497 e. The van der Waals surface area contributed by atoms with Crippen molar-refractivity contribution in [2.75, 3.05) is 14.2 Å². The summed E-state index contributed by atoms with van der Waals surface area (Å²) in [5.41, 5.74) is 3.07. The number of carbonyl (C=O) groups is 1. The van der Waals surface area contributed by atoms with Crippen molar-refractivity contribution in [3.63, 3.8) is 0 Å². The molecule has 0 fully saturated rings. The zero-order valence-corrected chi connectivity index (χ0v) is 14.1. The molecule has 0 saturated heterocycles. The van der Waals surface area contributed by atoms with Crippen molar-refractivity contribution >= 4 is 5.91 Å². The topological polar surface area (TPSA) is 47.6 Å². The highest BCUT2D eigenvalue weighted by Crippen LogP contribution is 2.26. The third-order valence-electron chi connectivity index (χ3n) is 3.75. The first-order valence-corrected chi connectivity index (χ1v) is 7.60. The minimum absolute atomic E-state index is 0.0220. The van der Waals surface area contributed by atoms with Gasteiger partial charge >= 0.3 is 0 Å². The first-order chi connectivity index (χ1) is 11.0. The summed E-state index contributed by atoms with van der Waals surface area (Å²) in [5.74, 6) is 1.55. The number of amides is 1. The number of aryl methyl sites for hydroxylation is 1. The summed E-state index contributed by atoms with van der Waals surface area (Å²) < 4.78 is 10.5. The van der Waals surface area contributed by atoms with Crippen molar-refractivity contribution in [1.82, 2.24) is 5.32 Å². The molecule has 0 aliphatic rings. The van der Waals surface area contributed by atoms with Gasteiger partial charge in [-0.25, -0.2) is 0 Å². The molecule has 1 unspecified atom stereocenters. The van der Waals surface area contributed by atoms with E-state index in [1.54, 1.807) is 14.2 Å². The average molecular weight is 313 g/mol. The Balaban J connectivity index is 2.03. The molecule has 0 bridgehead atoms. The second kappa shape index (κ2) is 7.68. The van der Waals surface area contributed by atoms with E-state index in [0.717, 1.165) is 28.2 Å². The maximum Gasteiger partial charge on any atom is 0.224 e. The van der Waals surface area contributed by atoms with E-state index < -0.39 is 0 Å². The van der Waals surface area contributed by atoms with Crippen molar-refractivity contribution in [1.29, 1.82) is 0 Å². The normalized spacial score (nSPS) is 11.7. The van der Waals surface area contributed by atoms with Gasteiger partial charge in [-0.05, 0) is 37.6 Å². The molecule has 0 aliphatic carbocycles. The lowest BCUT2D eigenvalue weighted by Gasteiger charge is -2.18. The van der Waals surface area contributed by atoms with Crippen LogP contribution in [0.4, 0.5) is 0 Å². The van der Waals surface area contributed by atoms with Gasteiger partial charge in [-0.1, -0.05) is 29.8 Å².